The van der Waals surface area contributed by atoms with Gasteiger partial charge in [-0.15, -0.1) is 0 Å². The molecule has 6 heteroatoms. The minimum absolute atomic E-state index is 0.0480. The minimum atomic E-state index is 0.0480. The van der Waals surface area contributed by atoms with Crippen LogP contribution in [-0.4, -0.2) is 21.0 Å². The summed E-state index contributed by atoms with van der Waals surface area (Å²) >= 11 is 0. The smallest absolute Gasteiger partial charge is 0.329 e. The zero-order valence-electron chi connectivity index (χ0n) is 29.4. The highest BCUT2D eigenvalue weighted by atomic mass is 31.1. The summed E-state index contributed by atoms with van der Waals surface area (Å²) in [6.45, 7) is 0.135. The molecule has 1 unspecified atom stereocenters. The molecule has 5 aliphatic rings. The van der Waals surface area contributed by atoms with E-state index in [2.05, 4.69) is 179 Å². The van der Waals surface area contributed by atoms with E-state index in [1.165, 1.54) is 111 Å². The highest BCUT2D eigenvalue weighted by molar-refractivity contribution is 7.56. The molecule has 5 heterocycles. The molecule has 8 aromatic carbocycles. The quantitative estimate of drug-likeness (QED) is 0.146. The number of fused-ring (bicyclic) bond motifs is 16. The Labute approximate surface area is 318 Å². The van der Waals surface area contributed by atoms with E-state index in [1.54, 1.807) is 0 Å². The van der Waals surface area contributed by atoms with Gasteiger partial charge < -0.3 is 9.62 Å². The lowest BCUT2D eigenvalue weighted by Crippen LogP contribution is -2.66. The molecule has 0 bridgehead atoms. The summed E-state index contributed by atoms with van der Waals surface area (Å²) in [5.41, 5.74) is 24.5. The van der Waals surface area contributed by atoms with Crippen LogP contribution >= 0.6 is 8.58 Å². The predicted molar refractivity (Wildman–Crippen MR) is 236 cm³/mol. The van der Waals surface area contributed by atoms with E-state index in [1.807, 2.05) is 0 Å². The van der Waals surface area contributed by atoms with Gasteiger partial charge in [-0.05, 0) is 84.5 Å². The number of rotatable bonds is 0. The van der Waals surface area contributed by atoms with Crippen molar-refractivity contribution in [2.24, 2.45) is 0 Å². The molecule has 0 spiro atoms. The Morgan fingerprint density at radius 2 is 0.833 bits per heavy atom. The molecule has 5 aliphatic heterocycles. The second-order valence-corrected chi connectivity index (χ2v) is 16.5. The van der Waals surface area contributed by atoms with Gasteiger partial charge in [-0.25, -0.2) is 0 Å². The third kappa shape index (κ3) is 3.73. The molecule has 0 aromatic heterocycles. The SMILES string of the molecule is B1c2ccccc2-c2ccccc2Pc2cccc3c2-c2c1cccc2B1c2cccc4c2-c2c(cccc2N13)N1B4c2ccccc2-c2ccccc21. The normalized spacial score (nSPS) is 14.7. The van der Waals surface area contributed by atoms with Gasteiger partial charge in [-0.1, -0.05) is 165 Å². The average Bonchev–Trinajstić information content (AvgIpc) is 3.23. The number of hydrogen-bond donors (Lipinski definition) is 0. The van der Waals surface area contributed by atoms with Crippen LogP contribution in [0.15, 0.2) is 170 Å². The van der Waals surface area contributed by atoms with Crippen molar-refractivity contribution in [2.75, 3.05) is 9.62 Å². The number of hydrogen-bond acceptors (Lipinski definition) is 2. The maximum Gasteiger partial charge on any atom is 0.329 e. The first kappa shape index (κ1) is 29.4. The van der Waals surface area contributed by atoms with Gasteiger partial charge in [0, 0.05) is 39.4 Å². The van der Waals surface area contributed by atoms with E-state index < -0.39 is 0 Å². The van der Waals surface area contributed by atoms with Crippen molar-refractivity contribution in [1.82, 2.24) is 0 Å². The largest absolute Gasteiger partial charge is 0.376 e. The molecule has 13 rings (SSSR count). The fourth-order valence-corrected chi connectivity index (χ4v) is 12.0. The van der Waals surface area contributed by atoms with E-state index in [0.29, 0.717) is 8.58 Å². The fraction of sp³-hybridized carbons (Fsp3) is 0. The van der Waals surface area contributed by atoms with Crippen molar-refractivity contribution in [3.8, 4) is 44.5 Å². The van der Waals surface area contributed by atoms with Crippen LogP contribution in [0.1, 0.15) is 0 Å². The molecular weight excluding hydrogens is 668 g/mol. The Balaban J connectivity index is 1.13. The summed E-state index contributed by atoms with van der Waals surface area (Å²) < 4.78 is 0. The van der Waals surface area contributed by atoms with Gasteiger partial charge in [0.2, 0.25) is 0 Å². The highest BCUT2D eigenvalue weighted by Crippen LogP contribution is 2.53. The molecule has 0 fully saturated rings. The van der Waals surface area contributed by atoms with Crippen LogP contribution in [0.3, 0.4) is 0 Å². The van der Waals surface area contributed by atoms with Crippen LogP contribution in [0.5, 0.6) is 0 Å². The molecule has 246 valence electrons. The summed E-state index contributed by atoms with van der Waals surface area (Å²) in [6.07, 6.45) is 0. The maximum atomic E-state index is 2.70. The molecule has 0 saturated heterocycles. The van der Waals surface area contributed by atoms with Gasteiger partial charge in [-0.3, -0.25) is 0 Å². The van der Waals surface area contributed by atoms with Crippen molar-refractivity contribution in [1.29, 1.82) is 0 Å². The Bertz CT molecular complexity index is 2710. The maximum absolute atomic E-state index is 2.70. The zero-order valence-corrected chi connectivity index (χ0v) is 30.4. The molecule has 0 amide bonds. The van der Waals surface area contributed by atoms with Crippen molar-refractivity contribution in [2.45, 2.75) is 0 Å². The fourth-order valence-electron chi connectivity index (χ4n) is 10.6. The summed E-state index contributed by atoms with van der Waals surface area (Å²) in [4.78, 5) is 5.34. The van der Waals surface area contributed by atoms with E-state index in [9.17, 15) is 0 Å². The lowest BCUT2D eigenvalue weighted by Gasteiger charge is -2.50. The third-order valence-electron chi connectivity index (χ3n) is 12.6. The minimum Gasteiger partial charge on any atom is -0.376 e. The Hall–Kier alpha value is -6.02. The van der Waals surface area contributed by atoms with Gasteiger partial charge in [0.25, 0.3) is 0 Å². The first-order chi connectivity index (χ1) is 26.8. The standard InChI is InChI=1S/C48H30B3N2P/c1-5-17-33-29(13-1)32-16-4-8-27-43(32)54-44-28-12-26-42-48(44)45-34(49-33)18-9-20-36(45)51-38-22-10-21-37-46(38)47-40(24-11-25-41(47)53(42)51)52-39-23-7-3-15-31(39)30-14-2-6-19-35(30)50(37)52/h1-28,49,54H. The van der Waals surface area contributed by atoms with Gasteiger partial charge in [0.05, 0.1) is 0 Å². The molecule has 1 atom stereocenters. The Morgan fingerprint density at radius 3 is 1.67 bits per heavy atom. The molecule has 0 N–H and O–H groups in total. The lowest BCUT2D eigenvalue weighted by molar-refractivity contribution is 1.31. The molecule has 0 radical (unpaired) electrons. The number of nitrogens with zero attached hydrogens (tertiary/aromatic N) is 2. The molecule has 0 aliphatic carbocycles. The van der Waals surface area contributed by atoms with Crippen molar-refractivity contribution in [3.63, 3.8) is 0 Å². The van der Waals surface area contributed by atoms with Crippen molar-refractivity contribution < 1.29 is 0 Å². The van der Waals surface area contributed by atoms with E-state index in [0.717, 1.165) is 7.28 Å². The van der Waals surface area contributed by atoms with E-state index in [-0.39, 0.29) is 13.7 Å². The molecular formula is C48H30B3N2P. The first-order valence-electron chi connectivity index (χ1n) is 19.1. The zero-order chi connectivity index (χ0) is 35.1. The molecule has 54 heavy (non-hydrogen) atoms. The van der Waals surface area contributed by atoms with E-state index in [4.69, 9.17) is 0 Å². The topological polar surface area (TPSA) is 6.48 Å². The van der Waals surface area contributed by atoms with E-state index >= 15 is 0 Å². The summed E-state index contributed by atoms with van der Waals surface area (Å²) in [7, 11) is 1.42. The summed E-state index contributed by atoms with van der Waals surface area (Å²) in [5, 5.41) is 2.82. The molecule has 8 aromatic rings. The monoisotopic (exact) mass is 698 g/mol. The summed E-state index contributed by atoms with van der Waals surface area (Å²) in [6, 6.07) is 64.7. The third-order valence-corrected chi connectivity index (χ3v) is 14.0. The summed E-state index contributed by atoms with van der Waals surface area (Å²) in [5.74, 6) is 0. The lowest BCUT2D eigenvalue weighted by atomic mass is 9.37. The predicted octanol–water partition coefficient (Wildman–Crippen LogP) is 5.83. The number of para-hydroxylation sites is 1. The van der Waals surface area contributed by atoms with Crippen LogP contribution < -0.4 is 53.0 Å². The highest BCUT2D eigenvalue weighted by Gasteiger charge is 2.50. The molecule has 0 saturated carbocycles. The average molecular weight is 698 g/mol. The van der Waals surface area contributed by atoms with Crippen molar-refractivity contribution >= 4 is 95.7 Å². The van der Waals surface area contributed by atoms with Gasteiger partial charge in [-0.2, -0.15) is 0 Å². The van der Waals surface area contributed by atoms with Gasteiger partial charge >= 0.3 is 13.7 Å². The number of anilines is 4. The van der Waals surface area contributed by atoms with Gasteiger partial charge in [0.1, 0.15) is 0 Å². The molecule has 2 nitrogen and oxygen atoms in total. The van der Waals surface area contributed by atoms with Crippen LogP contribution in [0.25, 0.3) is 44.5 Å². The van der Waals surface area contributed by atoms with Crippen LogP contribution in [0.2, 0.25) is 0 Å². The van der Waals surface area contributed by atoms with Crippen molar-refractivity contribution in [3.05, 3.63) is 170 Å². The second kappa shape index (κ2) is 10.8. The second-order valence-electron chi connectivity index (χ2n) is 15.2. The Morgan fingerprint density at radius 1 is 0.333 bits per heavy atom. The van der Waals surface area contributed by atoms with Crippen LogP contribution in [0.4, 0.5) is 22.7 Å². The first-order valence-corrected chi connectivity index (χ1v) is 20.1. The Kier molecular flexibility index (Phi) is 5.88. The van der Waals surface area contributed by atoms with Crippen LogP contribution in [-0.2, 0) is 0 Å². The van der Waals surface area contributed by atoms with Crippen LogP contribution in [0, 0.1) is 0 Å². The van der Waals surface area contributed by atoms with Gasteiger partial charge in [0.15, 0.2) is 7.28 Å². The number of benzene rings is 8.